The van der Waals surface area contributed by atoms with E-state index in [-0.39, 0.29) is 5.75 Å². The summed E-state index contributed by atoms with van der Waals surface area (Å²) in [6.07, 6.45) is 2.74. The molecule has 5 heteroatoms. The predicted molar refractivity (Wildman–Crippen MR) is 57.0 cm³/mol. The Kier molecular flexibility index (Phi) is 2.83. The Morgan fingerprint density at radius 1 is 1.77 bits per heavy atom. The van der Waals surface area contributed by atoms with Crippen LogP contribution in [0.5, 0.6) is 5.75 Å². The van der Waals surface area contributed by atoms with Gasteiger partial charge in [-0.05, 0) is 39.8 Å². The predicted octanol–water partition coefficient (Wildman–Crippen LogP) is 2.10. The molecule has 1 N–H and O–H groups in total. The molecule has 1 atom stereocenters. The van der Waals surface area contributed by atoms with Crippen molar-refractivity contribution >= 4 is 27.7 Å². The van der Waals surface area contributed by atoms with Crippen molar-refractivity contribution in [2.45, 2.75) is 13.0 Å². The Morgan fingerprint density at radius 3 is 3.15 bits per heavy atom. The Balaban J connectivity index is 2.04. The summed E-state index contributed by atoms with van der Waals surface area (Å²) in [6.45, 7) is 0.911. The van der Waals surface area contributed by atoms with Crippen LogP contribution in [0, 0.1) is 5.92 Å². The smallest absolute Gasteiger partial charge is 0.168 e. The Morgan fingerprint density at radius 2 is 2.62 bits per heavy atom. The normalized spacial score (nSPS) is 22.4. The molecule has 3 nitrogen and oxygen atoms in total. The fourth-order valence-corrected chi connectivity index (χ4v) is 3.07. The second-order valence-electron chi connectivity index (χ2n) is 3.23. The topological polar surface area (TPSA) is 38.1 Å². The fraction of sp³-hybridized carbons (Fsp3) is 0.625. The Hall–Kier alpha value is -0.160. The average Bonchev–Trinajstić information content (AvgIpc) is 2.71. The highest BCUT2D eigenvalue weighted by Crippen LogP contribution is 2.28. The van der Waals surface area contributed by atoms with Crippen molar-refractivity contribution in [1.29, 1.82) is 0 Å². The van der Waals surface area contributed by atoms with Gasteiger partial charge >= 0.3 is 0 Å². The van der Waals surface area contributed by atoms with E-state index in [9.17, 15) is 5.11 Å². The number of hydrogen-bond donors (Lipinski definition) is 1. The zero-order valence-electron chi connectivity index (χ0n) is 7.11. The number of hydrogen-bond acceptors (Lipinski definition) is 3. The lowest BCUT2D eigenvalue weighted by atomic mass is 10.1. The van der Waals surface area contributed by atoms with Crippen LogP contribution >= 0.6 is 27.7 Å². The minimum Gasteiger partial charge on any atom is -0.504 e. The molecular weight excluding hydrogens is 252 g/mol. The molecule has 0 aliphatic carbocycles. The minimum atomic E-state index is 0.227. The molecule has 1 saturated heterocycles. The van der Waals surface area contributed by atoms with Crippen LogP contribution in [0.4, 0.5) is 0 Å². The minimum absolute atomic E-state index is 0.227. The van der Waals surface area contributed by atoms with Gasteiger partial charge in [-0.3, -0.25) is 4.68 Å². The van der Waals surface area contributed by atoms with Crippen LogP contribution < -0.4 is 0 Å². The summed E-state index contributed by atoms with van der Waals surface area (Å²) in [4.78, 5) is 0. The van der Waals surface area contributed by atoms with Gasteiger partial charge in [-0.25, -0.2) is 0 Å². The van der Waals surface area contributed by atoms with Gasteiger partial charge in [0.05, 0.1) is 6.20 Å². The molecule has 2 rings (SSSR count). The SMILES string of the molecule is Oc1cnn(CC2CCSC2)c1Br. The standard InChI is InChI=1S/C8H11BrN2OS/c9-8-7(12)3-10-11(8)4-6-1-2-13-5-6/h3,6,12H,1-2,4-5H2. The molecule has 0 bridgehead atoms. The van der Waals surface area contributed by atoms with Crippen molar-refractivity contribution in [1.82, 2.24) is 9.78 Å². The van der Waals surface area contributed by atoms with E-state index in [2.05, 4.69) is 21.0 Å². The van der Waals surface area contributed by atoms with Gasteiger partial charge in [-0.1, -0.05) is 0 Å². The van der Waals surface area contributed by atoms with E-state index in [0.717, 1.165) is 6.54 Å². The monoisotopic (exact) mass is 262 g/mol. The summed E-state index contributed by atoms with van der Waals surface area (Å²) in [6, 6.07) is 0. The van der Waals surface area contributed by atoms with E-state index < -0.39 is 0 Å². The van der Waals surface area contributed by atoms with Crippen LogP contribution in [-0.2, 0) is 6.54 Å². The fourth-order valence-electron chi connectivity index (χ4n) is 1.46. The molecule has 1 aromatic rings. The first-order valence-electron chi connectivity index (χ1n) is 4.25. The largest absolute Gasteiger partial charge is 0.504 e. The van der Waals surface area contributed by atoms with Crippen LogP contribution in [0.3, 0.4) is 0 Å². The summed E-state index contributed by atoms with van der Waals surface area (Å²) < 4.78 is 2.52. The van der Waals surface area contributed by atoms with Crippen molar-refractivity contribution in [3.05, 3.63) is 10.8 Å². The Bertz CT molecular complexity index is 296. The lowest BCUT2D eigenvalue weighted by Crippen LogP contribution is -2.11. The summed E-state index contributed by atoms with van der Waals surface area (Å²) in [5, 5.41) is 13.4. The molecule has 1 fully saturated rings. The van der Waals surface area contributed by atoms with Gasteiger partial charge in [0.1, 0.15) is 4.60 Å². The lowest BCUT2D eigenvalue weighted by molar-refractivity contribution is 0.441. The van der Waals surface area contributed by atoms with E-state index in [1.807, 2.05) is 16.4 Å². The molecule has 1 unspecified atom stereocenters. The highest BCUT2D eigenvalue weighted by atomic mass is 79.9. The van der Waals surface area contributed by atoms with Crippen LogP contribution in [0.25, 0.3) is 0 Å². The number of halogens is 1. The summed E-state index contributed by atoms with van der Waals surface area (Å²) in [5.41, 5.74) is 0. The number of rotatable bonds is 2. The maximum absolute atomic E-state index is 9.28. The molecule has 72 valence electrons. The molecular formula is C8H11BrN2OS. The molecule has 1 aromatic heterocycles. The van der Waals surface area contributed by atoms with E-state index in [1.165, 1.54) is 24.1 Å². The summed E-state index contributed by atoms with van der Waals surface area (Å²) >= 11 is 5.30. The first kappa shape index (κ1) is 9.40. The molecule has 0 radical (unpaired) electrons. The molecule has 0 amide bonds. The molecule has 0 spiro atoms. The van der Waals surface area contributed by atoms with Gasteiger partial charge in [0.15, 0.2) is 5.75 Å². The number of aromatic nitrogens is 2. The molecule has 2 heterocycles. The van der Waals surface area contributed by atoms with Gasteiger partial charge in [0, 0.05) is 6.54 Å². The number of aromatic hydroxyl groups is 1. The van der Waals surface area contributed by atoms with Gasteiger partial charge in [0.25, 0.3) is 0 Å². The van der Waals surface area contributed by atoms with E-state index >= 15 is 0 Å². The van der Waals surface area contributed by atoms with Crippen LogP contribution in [0.1, 0.15) is 6.42 Å². The highest BCUT2D eigenvalue weighted by molar-refractivity contribution is 9.10. The van der Waals surface area contributed by atoms with Crippen LogP contribution in [0.2, 0.25) is 0 Å². The van der Waals surface area contributed by atoms with Gasteiger partial charge in [-0.2, -0.15) is 16.9 Å². The van der Waals surface area contributed by atoms with Gasteiger partial charge < -0.3 is 5.11 Å². The highest BCUT2D eigenvalue weighted by Gasteiger charge is 2.18. The maximum atomic E-state index is 9.28. The first-order chi connectivity index (χ1) is 6.27. The second-order valence-corrected chi connectivity index (χ2v) is 5.13. The van der Waals surface area contributed by atoms with Crippen molar-refractivity contribution in [2.24, 2.45) is 5.92 Å². The molecule has 1 aliphatic rings. The maximum Gasteiger partial charge on any atom is 0.168 e. The molecule has 13 heavy (non-hydrogen) atoms. The van der Waals surface area contributed by atoms with Crippen molar-refractivity contribution in [2.75, 3.05) is 11.5 Å². The van der Waals surface area contributed by atoms with E-state index in [4.69, 9.17) is 0 Å². The summed E-state index contributed by atoms with van der Waals surface area (Å²) in [5.74, 6) is 3.41. The summed E-state index contributed by atoms with van der Waals surface area (Å²) in [7, 11) is 0. The van der Waals surface area contributed by atoms with Crippen molar-refractivity contribution < 1.29 is 5.11 Å². The number of nitrogens with zero attached hydrogens (tertiary/aromatic N) is 2. The van der Waals surface area contributed by atoms with Crippen molar-refractivity contribution in [3.8, 4) is 5.75 Å². The quantitative estimate of drug-likeness (QED) is 0.888. The molecule has 0 aromatic carbocycles. The third-order valence-electron chi connectivity index (χ3n) is 2.21. The van der Waals surface area contributed by atoms with Crippen molar-refractivity contribution in [3.63, 3.8) is 0 Å². The molecule has 0 saturated carbocycles. The lowest BCUT2D eigenvalue weighted by Gasteiger charge is -2.08. The van der Waals surface area contributed by atoms with Gasteiger partial charge in [0.2, 0.25) is 0 Å². The number of thioether (sulfide) groups is 1. The first-order valence-corrected chi connectivity index (χ1v) is 6.20. The third kappa shape index (κ3) is 2.02. The zero-order valence-corrected chi connectivity index (χ0v) is 9.51. The van der Waals surface area contributed by atoms with Gasteiger partial charge in [-0.15, -0.1) is 0 Å². The van der Waals surface area contributed by atoms with Crippen LogP contribution in [-0.4, -0.2) is 26.4 Å². The zero-order chi connectivity index (χ0) is 9.26. The average molecular weight is 263 g/mol. The van der Waals surface area contributed by atoms with E-state index in [1.54, 1.807) is 0 Å². The molecule has 1 aliphatic heterocycles. The third-order valence-corrected chi connectivity index (χ3v) is 4.26. The second kappa shape index (κ2) is 3.92. The van der Waals surface area contributed by atoms with Crippen LogP contribution in [0.15, 0.2) is 10.8 Å². The van der Waals surface area contributed by atoms with E-state index in [0.29, 0.717) is 10.5 Å². The Labute approximate surface area is 89.6 Å².